The van der Waals surface area contributed by atoms with Crippen LogP contribution in [0.25, 0.3) is 0 Å². The van der Waals surface area contributed by atoms with Crippen LogP contribution >= 0.6 is 0 Å². The first kappa shape index (κ1) is 17.4. The lowest BCUT2D eigenvalue weighted by Crippen LogP contribution is -2.16. The van der Waals surface area contributed by atoms with Crippen molar-refractivity contribution in [1.29, 1.82) is 0 Å². The van der Waals surface area contributed by atoms with E-state index in [-0.39, 0.29) is 11.4 Å². The van der Waals surface area contributed by atoms with Crippen molar-refractivity contribution in [3.8, 4) is 5.75 Å². The van der Waals surface area contributed by atoms with Crippen LogP contribution in [-0.2, 0) is 10.0 Å². The van der Waals surface area contributed by atoms with Gasteiger partial charge in [-0.25, -0.2) is 13.6 Å². The molecule has 21 heavy (non-hydrogen) atoms. The van der Waals surface area contributed by atoms with Gasteiger partial charge in [0.25, 0.3) is 5.69 Å². The molecule has 0 amide bonds. The molecule has 118 valence electrons. The van der Waals surface area contributed by atoms with Crippen molar-refractivity contribution in [3.05, 3.63) is 33.9 Å². The van der Waals surface area contributed by atoms with Gasteiger partial charge < -0.3 is 4.74 Å². The molecular weight excluding hydrogens is 296 g/mol. The minimum absolute atomic E-state index is 0.00214. The maximum atomic E-state index is 10.8. The molecule has 7 nitrogen and oxygen atoms in total. The highest BCUT2D eigenvalue weighted by Crippen LogP contribution is 2.27. The Morgan fingerprint density at radius 3 is 2.52 bits per heavy atom. The van der Waals surface area contributed by atoms with Gasteiger partial charge >= 0.3 is 0 Å². The predicted molar refractivity (Wildman–Crippen MR) is 79.8 cm³/mol. The van der Waals surface area contributed by atoms with Crippen molar-refractivity contribution in [3.63, 3.8) is 0 Å². The molecule has 0 radical (unpaired) electrons. The first-order chi connectivity index (χ1) is 9.81. The number of nitro groups is 1. The van der Waals surface area contributed by atoms with Crippen molar-refractivity contribution >= 4 is 15.7 Å². The number of nitro benzene ring substituents is 1. The Kier molecular flexibility index (Phi) is 6.57. The summed E-state index contributed by atoms with van der Waals surface area (Å²) < 4.78 is 27.0. The Morgan fingerprint density at radius 1 is 1.24 bits per heavy atom. The Hall–Kier alpha value is -1.67. The summed E-state index contributed by atoms with van der Waals surface area (Å²) in [7, 11) is -3.37. The van der Waals surface area contributed by atoms with Crippen molar-refractivity contribution < 1.29 is 18.1 Å². The Labute approximate surface area is 124 Å². The van der Waals surface area contributed by atoms with Gasteiger partial charge in [0, 0.05) is 6.07 Å². The number of sulfonamides is 1. The van der Waals surface area contributed by atoms with Crippen molar-refractivity contribution in [2.75, 3.05) is 12.4 Å². The average molecular weight is 316 g/mol. The molecule has 0 spiro atoms. The molecular formula is C13H20N2O5S. The summed E-state index contributed by atoms with van der Waals surface area (Å²) in [5.74, 6) is 0.506. The third-order valence-electron chi connectivity index (χ3n) is 3.03. The standard InChI is InChI=1S/C13H20N2O5S/c1-11-12(15(16)17)7-6-8-13(11)20-9-4-2-3-5-10-21(14,18)19/h6-8H,2-5,9-10H2,1H3,(H2,14,18,19). The fourth-order valence-corrected chi connectivity index (χ4v) is 2.50. The van der Waals surface area contributed by atoms with Gasteiger partial charge in [0.1, 0.15) is 5.75 Å². The summed E-state index contributed by atoms with van der Waals surface area (Å²) >= 11 is 0. The van der Waals surface area contributed by atoms with Crippen LogP contribution < -0.4 is 9.88 Å². The highest BCUT2D eigenvalue weighted by Gasteiger charge is 2.13. The van der Waals surface area contributed by atoms with E-state index in [1.807, 2.05) is 0 Å². The minimum Gasteiger partial charge on any atom is -0.493 e. The van der Waals surface area contributed by atoms with E-state index in [1.165, 1.54) is 6.07 Å². The van der Waals surface area contributed by atoms with Crippen LogP contribution in [0.15, 0.2) is 18.2 Å². The van der Waals surface area contributed by atoms with E-state index in [0.29, 0.717) is 24.3 Å². The third kappa shape index (κ3) is 6.54. The van der Waals surface area contributed by atoms with Gasteiger partial charge in [-0.3, -0.25) is 10.1 Å². The number of benzene rings is 1. The second-order valence-corrected chi connectivity index (χ2v) is 6.52. The molecule has 0 saturated heterocycles. The lowest BCUT2D eigenvalue weighted by atomic mass is 10.2. The number of rotatable bonds is 9. The number of ether oxygens (including phenoxy) is 1. The zero-order valence-electron chi connectivity index (χ0n) is 11.9. The van der Waals surface area contributed by atoms with Crippen LogP contribution in [0, 0.1) is 17.0 Å². The SMILES string of the molecule is Cc1c(OCCCCCCS(N)(=O)=O)cccc1[N+](=O)[O-]. The summed E-state index contributed by atoms with van der Waals surface area (Å²) in [6, 6.07) is 4.73. The molecule has 0 aliphatic carbocycles. The maximum absolute atomic E-state index is 10.8. The third-order valence-corrected chi connectivity index (χ3v) is 3.89. The summed E-state index contributed by atoms with van der Waals surface area (Å²) in [6.45, 7) is 2.09. The molecule has 0 saturated carbocycles. The summed E-state index contributed by atoms with van der Waals surface area (Å²) in [6.07, 6.45) is 2.87. The summed E-state index contributed by atoms with van der Waals surface area (Å²) in [5.41, 5.74) is 0.553. The van der Waals surface area contributed by atoms with Gasteiger partial charge in [0.15, 0.2) is 0 Å². The van der Waals surface area contributed by atoms with E-state index in [4.69, 9.17) is 9.88 Å². The Morgan fingerprint density at radius 2 is 1.90 bits per heavy atom. The molecule has 1 aromatic carbocycles. The van der Waals surface area contributed by atoms with E-state index in [1.54, 1.807) is 19.1 Å². The molecule has 2 N–H and O–H groups in total. The molecule has 1 aromatic rings. The number of primary sulfonamides is 1. The number of nitrogens with two attached hydrogens (primary N) is 1. The number of hydrogen-bond acceptors (Lipinski definition) is 5. The molecule has 0 aliphatic rings. The van der Waals surface area contributed by atoms with E-state index in [9.17, 15) is 18.5 Å². The molecule has 8 heteroatoms. The van der Waals surface area contributed by atoms with Gasteiger partial charge in [-0.2, -0.15) is 0 Å². The fraction of sp³-hybridized carbons (Fsp3) is 0.538. The smallest absolute Gasteiger partial charge is 0.276 e. The van der Waals surface area contributed by atoms with E-state index in [2.05, 4.69) is 0 Å². The zero-order valence-corrected chi connectivity index (χ0v) is 12.8. The van der Waals surface area contributed by atoms with E-state index < -0.39 is 14.9 Å². The second-order valence-electron chi connectivity index (χ2n) is 4.79. The predicted octanol–water partition coefficient (Wildman–Crippen LogP) is 2.13. The van der Waals surface area contributed by atoms with E-state index in [0.717, 1.165) is 19.3 Å². The van der Waals surface area contributed by atoms with Gasteiger partial charge in [-0.1, -0.05) is 18.9 Å². The van der Waals surface area contributed by atoms with Crippen LogP contribution in [0.4, 0.5) is 5.69 Å². The first-order valence-corrected chi connectivity index (χ1v) is 8.40. The molecule has 0 aromatic heterocycles. The normalized spacial score (nSPS) is 11.3. The summed E-state index contributed by atoms with van der Waals surface area (Å²) in [5, 5.41) is 15.7. The van der Waals surface area contributed by atoms with Crippen molar-refractivity contribution in [2.45, 2.75) is 32.6 Å². The quantitative estimate of drug-likeness (QED) is 0.426. The molecule has 0 bridgehead atoms. The van der Waals surface area contributed by atoms with Crippen molar-refractivity contribution in [1.82, 2.24) is 0 Å². The van der Waals surface area contributed by atoms with E-state index >= 15 is 0 Å². The second kappa shape index (κ2) is 7.94. The lowest BCUT2D eigenvalue weighted by molar-refractivity contribution is -0.385. The van der Waals surface area contributed by atoms with Crippen LogP contribution in [0.1, 0.15) is 31.2 Å². The van der Waals surface area contributed by atoms with Gasteiger partial charge in [0.05, 0.1) is 22.8 Å². The van der Waals surface area contributed by atoms with Crippen LogP contribution in [-0.4, -0.2) is 25.7 Å². The number of nitrogens with zero attached hydrogens (tertiary/aromatic N) is 1. The van der Waals surface area contributed by atoms with Gasteiger partial charge in [-0.15, -0.1) is 0 Å². The van der Waals surface area contributed by atoms with Gasteiger partial charge in [0.2, 0.25) is 10.0 Å². The molecule has 0 atom stereocenters. The molecule has 0 fully saturated rings. The number of hydrogen-bond donors (Lipinski definition) is 1. The Balaban J connectivity index is 2.31. The molecule has 0 aliphatic heterocycles. The van der Waals surface area contributed by atoms with Gasteiger partial charge in [-0.05, 0) is 25.8 Å². The largest absolute Gasteiger partial charge is 0.493 e. The van der Waals surface area contributed by atoms with Crippen LogP contribution in [0.2, 0.25) is 0 Å². The maximum Gasteiger partial charge on any atom is 0.276 e. The monoisotopic (exact) mass is 316 g/mol. The highest BCUT2D eigenvalue weighted by molar-refractivity contribution is 7.89. The summed E-state index contributed by atoms with van der Waals surface area (Å²) in [4.78, 5) is 10.4. The first-order valence-electron chi connectivity index (χ1n) is 6.68. The molecule has 1 rings (SSSR count). The Bertz CT molecular complexity index is 586. The van der Waals surface area contributed by atoms with Crippen LogP contribution in [0.3, 0.4) is 0 Å². The topological polar surface area (TPSA) is 113 Å². The van der Waals surface area contributed by atoms with Crippen molar-refractivity contribution in [2.24, 2.45) is 5.14 Å². The minimum atomic E-state index is -3.37. The highest BCUT2D eigenvalue weighted by atomic mass is 32.2. The average Bonchev–Trinajstić information content (AvgIpc) is 2.37. The fourth-order valence-electron chi connectivity index (χ4n) is 1.90. The lowest BCUT2D eigenvalue weighted by Gasteiger charge is -2.09. The molecule has 0 unspecified atom stereocenters. The zero-order chi connectivity index (χ0) is 15.9. The molecule has 0 heterocycles. The number of unbranched alkanes of at least 4 members (excludes halogenated alkanes) is 3. The van der Waals surface area contributed by atoms with Crippen LogP contribution in [0.5, 0.6) is 5.75 Å².